The van der Waals surface area contributed by atoms with Crippen molar-refractivity contribution in [2.24, 2.45) is 0 Å². The minimum Gasteiger partial charge on any atom is -0.309 e. The Balaban J connectivity index is 0.904. The van der Waals surface area contributed by atoms with Crippen molar-refractivity contribution in [2.45, 2.75) is 0 Å². The zero-order chi connectivity index (χ0) is 70.7. The number of hydrogen-bond donors (Lipinski definition) is 0. The third-order valence-electron chi connectivity index (χ3n) is 22.7. The van der Waals surface area contributed by atoms with Crippen molar-refractivity contribution in [1.82, 2.24) is 37.4 Å². The number of hydrogen-bond acceptors (Lipinski definition) is 2. The van der Waals surface area contributed by atoms with Crippen LogP contribution in [-0.4, -0.2) is 37.4 Å². The number of aromatic nitrogens is 8. The molecule has 0 aliphatic rings. The fourth-order valence-corrected chi connectivity index (χ4v) is 18.1. The molecule has 0 unspecified atom stereocenters. The van der Waals surface area contributed by atoms with Gasteiger partial charge in [0.25, 0.3) is 0 Å². The highest BCUT2D eigenvalue weighted by molar-refractivity contribution is 6.18. The van der Waals surface area contributed by atoms with Crippen molar-refractivity contribution in [3.8, 4) is 79.0 Å². The van der Waals surface area contributed by atoms with Crippen LogP contribution in [0, 0.1) is 0 Å². The molecule has 0 atom stereocenters. The van der Waals surface area contributed by atoms with Gasteiger partial charge in [-0.05, 0) is 145 Å². The zero-order valence-corrected chi connectivity index (χ0v) is 58.4. The molecule has 0 aliphatic carbocycles. The number of para-hydroxylation sites is 8. The Kier molecular flexibility index (Phi) is 13.0. The summed E-state index contributed by atoms with van der Waals surface area (Å²) in [5.41, 5.74) is 26.3. The molecule has 0 aliphatic heterocycles. The Morgan fingerprint density at radius 3 is 0.796 bits per heavy atom. The van der Waals surface area contributed by atoms with E-state index in [1.807, 2.05) is 12.3 Å². The lowest BCUT2D eigenvalue weighted by atomic mass is 9.89. The van der Waals surface area contributed by atoms with Crippen molar-refractivity contribution in [1.29, 1.82) is 0 Å². The molecule has 8 heteroatoms. The number of fused-ring (bicyclic) bond motifs is 18. The molecule has 23 aromatic rings. The van der Waals surface area contributed by atoms with Crippen LogP contribution >= 0.6 is 0 Å². The van der Waals surface area contributed by atoms with E-state index in [0.717, 1.165) is 167 Å². The standard InChI is InChI=1S/C100H62N8/c1-3-25-64(26-4-1)96-97(65-48-46-63(47-49-65)83-37-23-24-58-101-83)99(107-92-54-50-67(103-84-38-15-7-29-71(84)72-30-8-16-39-85(72)103)59-79(92)80-60-68(51-55-93(80)107)104-86-40-17-9-31-73(86)74-32-10-18-41-87(74)104)100(102-98(96)66-27-5-2-6-28-66)108-94-56-52-69(105-88-42-19-11-33-75(88)76-34-12-20-43-89(76)105)61-81(94)82-62-70(53-57-95(82)108)106-90-44-21-13-35-77(90)78-36-14-22-45-91(78)106/h1-62H. The van der Waals surface area contributed by atoms with Crippen LogP contribution in [0.1, 0.15) is 0 Å². The van der Waals surface area contributed by atoms with Crippen LogP contribution in [-0.2, 0) is 0 Å². The number of benzene rings is 15. The third-order valence-corrected chi connectivity index (χ3v) is 22.7. The maximum Gasteiger partial charge on any atom is 0.163 e. The van der Waals surface area contributed by atoms with Gasteiger partial charge < -0.3 is 22.8 Å². The summed E-state index contributed by atoms with van der Waals surface area (Å²) in [4.78, 5) is 11.4. The summed E-state index contributed by atoms with van der Waals surface area (Å²) >= 11 is 0. The third kappa shape index (κ3) is 8.80. The van der Waals surface area contributed by atoms with Gasteiger partial charge in [0.1, 0.15) is 0 Å². The molecule has 8 aromatic heterocycles. The quantitative estimate of drug-likeness (QED) is 0.137. The van der Waals surface area contributed by atoms with Crippen LogP contribution in [0.25, 0.3) is 210 Å². The molecule has 502 valence electrons. The number of nitrogens with zero attached hydrogens (tertiary/aromatic N) is 8. The van der Waals surface area contributed by atoms with Crippen molar-refractivity contribution >= 4 is 131 Å². The fraction of sp³-hybridized carbons (Fsp3) is 0. The predicted octanol–water partition coefficient (Wildman–Crippen LogP) is 25.7. The van der Waals surface area contributed by atoms with Gasteiger partial charge in [-0.3, -0.25) is 9.55 Å². The summed E-state index contributed by atoms with van der Waals surface area (Å²) in [6.07, 6.45) is 1.88. The van der Waals surface area contributed by atoms with Crippen molar-refractivity contribution in [2.75, 3.05) is 0 Å². The zero-order valence-electron chi connectivity index (χ0n) is 58.4. The molecule has 0 amide bonds. The molecule has 0 radical (unpaired) electrons. The molecule has 108 heavy (non-hydrogen) atoms. The first-order valence-corrected chi connectivity index (χ1v) is 37.0. The highest BCUT2D eigenvalue weighted by Crippen LogP contribution is 2.51. The molecular formula is C100H62N8. The Hall–Kier alpha value is -14.6. The van der Waals surface area contributed by atoms with E-state index in [1.165, 1.54) is 43.1 Å². The maximum absolute atomic E-state index is 6.46. The van der Waals surface area contributed by atoms with Crippen molar-refractivity contribution in [3.63, 3.8) is 0 Å². The summed E-state index contributed by atoms with van der Waals surface area (Å²) in [7, 11) is 0. The Morgan fingerprint density at radius 1 is 0.185 bits per heavy atom. The molecule has 0 saturated carbocycles. The van der Waals surface area contributed by atoms with Crippen molar-refractivity contribution < 1.29 is 0 Å². The van der Waals surface area contributed by atoms with Crippen LogP contribution < -0.4 is 0 Å². The minimum atomic E-state index is 0.767. The van der Waals surface area contributed by atoms with E-state index in [0.29, 0.717) is 0 Å². The van der Waals surface area contributed by atoms with Gasteiger partial charge >= 0.3 is 0 Å². The van der Waals surface area contributed by atoms with E-state index in [2.05, 4.69) is 391 Å². The number of pyridine rings is 2. The molecule has 0 spiro atoms. The van der Waals surface area contributed by atoms with Crippen molar-refractivity contribution in [3.05, 3.63) is 376 Å². The van der Waals surface area contributed by atoms with Gasteiger partial charge in [-0.1, -0.05) is 237 Å². The summed E-state index contributed by atoms with van der Waals surface area (Å²) < 4.78 is 14.9. The van der Waals surface area contributed by atoms with E-state index in [1.54, 1.807) is 0 Å². The summed E-state index contributed by atoms with van der Waals surface area (Å²) in [5.74, 6) is 0.767. The number of rotatable bonds is 10. The lowest BCUT2D eigenvalue weighted by molar-refractivity contribution is 1.03. The lowest BCUT2D eigenvalue weighted by Crippen LogP contribution is -2.11. The monoisotopic (exact) mass is 1370 g/mol. The molecule has 8 heterocycles. The topological polar surface area (TPSA) is 55.4 Å². The van der Waals surface area contributed by atoms with E-state index in [9.17, 15) is 0 Å². The van der Waals surface area contributed by atoms with Gasteiger partial charge in [0.05, 0.1) is 83.3 Å². The highest BCUT2D eigenvalue weighted by Gasteiger charge is 2.32. The first kappa shape index (κ1) is 59.9. The van der Waals surface area contributed by atoms with Crippen LogP contribution in [0.15, 0.2) is 376 Å². The highest BCUT2D eigenvalue weighted by atomic mass is 15.1. The molecule has 0 saturated heterocycles. The summed E-state index contributed by atoms with van der Waals surface area (Å²) in [5, 5.41) is 14.0. The van der Waals surface area contributed by atoms with Crippen LogP contribution in [0.3, 0.4) is 0 Å². The summed E-state index contributed by atoms with van der Waals surface area (Å²) in [6, 6.07) is 136. The molecule has 0 fully saturated rings. The second kappa shape index (κ2) is 23.5. The smallest absolute Gasteiger partial charge is 0.163 e. The minimum absolute atomic E-state index is 0.767. The molecule has 23 rings (SSSR count). The van der Waals surface area contributed by atoms with Crippen LogP contribution in [0.5, 0.6) is 0 Å². The van der Waals surface area contributed by atoms with E-state index < -0.39 is 0 Å². The van der Waals surface area contributed by atoms with E-state index >= 15 is 0 Å². The first-order valence-electron chi connectivity index (χ1n) is 37.0. The van der Waals surface area contributed by atoms with Gasteiger partial charge in [-0.25, -0.2) is 4.98 Å². The Labute approximate surface area is 619 Å². The van der Waals surface area contributed by atoms with Crippen LogP contribution in [0.4, 0.5) is 0 Å². The largest absolute Gasteiger partial charge is 0.309 e. The molecular weight excluding hydrogens is 1310 g/mol. The molecule has 15 aromatic carbocycles. The van der Waals surface area contributed by atoms with E-state index in [4.69, 9.17) is 9.97 Å². The van der Waals surface area contributed by atoms with Gasteiger partial charge in [0, 0.05) is 116 Å². The molecule has 0 bridgehead atoms. The van der Waals surface area contributed by atoms with Gasteiger partial charge in [0.2, 0.25) is 0 Å². The van der Waals surface area contributed by atoms with Gasteiger partial charge in [0.15, 0.2) is 5.82 Å². The average Bonchev–Trinajstić information content (AvgIpc) is 1.48. The van der Waals surface area contributed by atoms with Crippen LogP contribution in [0.2, 0.25) is 0 Å². The summed E-state index contributed by atoms with van der Waals surface area (Å²) in [6.45, 7) is 0. The Morgan fingerprint density at radius 2 is 0.463 bits per heavy atom. The fourth-order valence-electron chi connectivity index (χ4n) is 18.1. The van der Waals surface area contributed by atoms with Gasteiger partial charge in [-0.2, -0.15) is 0 Å². The average molecular weight is 1380 g/mol. The first-order chi connectivity index (χ1) is 53.6. The lowest BCUT2D eigenvalue weighted by Gasteiger charge is -2.25. The molecule has 0 N–H and O–H groups in total. The molecule has 8 nitrogen and oxygen atoms in total. The second-order valence-electron chi connectivity index (χ2n) is 28.4. The van der Waals surface area contributed by atoms with Gasteiger partial charge in [-0.15, -0.1) is 0 Å². The Bertz CT molecular complexity index is 7100. The SMILES string of the molecule is c1ccc(-c2nc(-n3c4ccc(-n5c6ccccc6c6ccccc65)cc4c4cc(-n5c6ccccc6c6ccccc65)ccc43)c(-n3c4ccc(-n5c6ccccc6c6ccccc65)cc4c4cc(-n5c6ccccc6c6ccccc65)ccc43)c(-c3ccc(-c4ccccn4)cc3)c2-c2ccccc2)cc1. The second-order valence-corrected chi connectivity index (χ2v) is 28.4. The maximum atomic E-state index is 6.46. The van der Waals surface area contributed by atoms with E-state index in [-0.39, 0.29) is 0 Å². The predicted molar refractivity (Wildman–Crippen MR) is 450 cm³/mol. The normalized spacial score (nSPS) is 12.1.